The molecule has 0 saturated carbocycles. The maximum Gasteiger partial charge on any atom is 0.325 e. The van der Waals surface area contributed by atoms with Crippen molar-refractivity contribution in [2.75, 3.05) is 5.32 Å². The van der Waals surface area contributed by atoms with E-state index in [9.17, 15) is 19.5 Å². The molecule has 104 valence electrons. The summed E-state index contributed by atoms with van der Waals surface area (Å²) in [5, 5.41) is 12.1. The molecule has 2 rings (SSSR count). The van der Waals surface area contributed by atoms with Gasteiger partial charge in [-0.05, 0) is 37.1 Å². The van der Waals surface area contributed by atoms with E-state index >= 15 is 0 Å². The number of rotatable bonds is 2. The summed E-state index contributed by atoms with van der Waals surface area (Å²) in [5.74, 6) is -0.516. The number of nitrogens with one attached hydrogen (secondary N) is 3. The van der Waals surface area contributed by atoms with Gasteiger partial charge >= 0.3 is 5.69 Å². The maximum absolute atomic E-state index is 12.0. The van der Waals surface area contributed by atoms with Crippen molar-refractivity contribution >= 4 is 11.6 Å². The Balaban J connectivity index is 2.35. The first-order valence-corrected chi connectivity index (χ1v) is 5.82. The van der Waals surface area contributed by atoms with Crippen LogP contribution in [0.1, 0.15) is 21.5 Å². The lowest BCUT2D eigenvalue weighted by molar-refractivity contribution is 0.102. The van der Waals surface area contributed by atoms with E-state index in [0.717, 1.165) is 6.20 Å². The Labute approximate surface area is 113 Å². The summed E-state index contributed by atoms with van der Waals surface area (Å²) < 4.78 is 0. The second kappa shape index (κ2) is 5.04. The number of aromatic amines is 2. The summed E-state index contributed by atoms with van der Waals surface area (Å²) in [7, 11) is 0. The van der Waals surface area contributed by atoms with E-state index in [1.54, 1.807) is 19.9 Å². The van der Waals surface area contributed by atoms with Crippen LogP contribution in [0.2, 0.25) is 0 Å². The van der Waals surface area contributed by atoms with E-state index in [-0.39, 0.29) is 11.3 Å². The smallest absolute Gasteiger partial charge is 0.325 e. The Morgan fingerprint density at radius 1 is 1.20 bits per heavy atom. The summed E-state index contributed by atoms with van der Waals surface area (Å²) in [6, 6.07) is 3.12. The minimum Gasteiger partial charge on any atom is -0.508 e. The van der Waals surface area contributed by atoms with Crippen LogP contribution in [0.15, 0.2) is 27.9 Å². The van der Waals surface area contributed by atoms with Crippen LogP contribution < -0.4 is 16.6 Å². The third-order valence-electron chi connectivity index (χ3n) is 2.86. The fourth-order valence-electron chi connectivity index (χ4n) is 1.70. The van der Waals surface area contributed by atoms with Gasteiger partial charge < -0.3 is 15.4 Å². The van der Waals surface area contributed by atoms with Crippen LogP contribution in [-0.4, -0.2) is 21.0 Å². The van der Waals surface area contributed by atoms with Crippen molar-refractivity contribution in [3.8, 4) is 5.75 Å². The van der Waals surface area contributed by atoms with Gasteiger partial charge in [0.15, 0.2) is 0 Å². The first-order valence-electron chi connectivity index (χ1n) is 5.82. The number of hydrogen-bond donors (Lipinski definition) is 4. The van der Waals surface area contributed by atoms with Crippen LogP contribution in [0.3, 0.4) is 0 Å². The molecular weight excluding hydrogens is 262 g/mol. The molecule has 0 aliphatic carbocycles. The lowest BCUT2D eigenvalue weighted by Crippen LogP contribution is -2.29. The molecule has 1 amide bonds. The Hall–Kier alpha value is -2.83. The minimum absolute atomic E-state index is 0.127. The number of carbonyl (C=O) groups excluding carboxylic acids is 1. The number of benzene rings is 1. The first kappa shape index (κ1) is 13.6. The molecule has 0 aliphatic heterocycles. The summed E-state index contributed by atoms with van der Waals surface area (Å²) in [4.78, 5) is 38.6. The van der Waals surface area contributed by atoms with Gasteiger partial charge in [0.1, 0.15) is 11.3 Å². The lowest BCUT2D eigenvalue weighted by atomic mass is 10.1. The number of carbonyl (C=O) groups is 1. The zero-order valence-electron chi connectivity index (χ0n) is 10.9. The lowest BCUT2D eigenvalue weighted by Gasteiger charge is -2.10. The largest absolute Gasteiger partial charge is 0.508 e. The van der Waals surface area contributed by atoms with Gasteiger partial charge in [0.2, 0.25) is 0 Å². The third-order valence-corrected chi connectivity index (χ3v) is 2.86. The number of aryl methyl sites for hydroxylation is 2. The zero-order valence-corrected chi connectivity index (χ0v) is 10.9. The Morgan fingerprint density at radius 2 is 1.90 bits per heavy atom. The standard InChI is InChI=1S/C13H13N3O4/c1-6-4-10(17)7(2)3-9(6)15-11(18)8-5-14-13(20)16-12(8)19/h3-5,17H,1-2H3,(H,15,18)(H2,14,16,19,20). The molecule has 20 heavy (non-hydrogen) atoms. The topological polar surface area (TPSA) is 115 Å². The fourth-order valence-corrected chi connectivity index (χ4v) is 1.70. The van der Waals surface area contributed by atoms with Gasteiger partial charge in [-0.25, -0.2) is 4.79 Å². The van der Waals surface area contributed by atoms with Crippen molar-refractivity contribution in [1.82, 2.24) is 9.97 Å². The summed E-state index contributed by atoms with van der Waals surface area (Å²) in [6.45, 7) is 3.41. The number of phenolic OH excluding ortho intramolecular Hbond substituents is 1. The molecular formula is C13H13N3O4. The molecule has 0 fully saturated rings. The molecule has 0 saturated heterocycles. The average molecular weight is 275 g/mol. The molecule has 2 aromatic rings. The molecule has 4 N–H and O–H groups in total. The number of anilines is 1. The molecule has 0 atom stereocenters. The van der Waals surface area contributed by atoms with Crippen LogP contribution in [0.25, 0.3) is 0 Å². The van der Waals surface area contributed by atoms with Crippen molar-refractivity contribution in [2.45, 2.75) is 13.8 Å². The monoisotopic (exact) mass is 275 g/mol. The molecule has 0 bridgehead atoms. The van der Waals surface area contributed by atoms with E-state index in [4.69, 9.17) is 0 Å². The van der Waals surface area contributed by atoms with Gasteiger partial charge in [-0.1, -0.05) is 0 Å². The number of H-pyrrole nitrogens is 2. The van der Waals surface area contributed by atoms with Crippen LogP contribution in [-0.2, 0) is 0 Å². The minimum atomic E-state index is -0.764. The number of hydrogen-bond acceptors (Lipinski definition) is 4. The van der Waals surface area contributed by atoms with Gasteiger partial charge in [-0.15, -0.1) is 0 Å². The van der Waals surface area contributed by atoms with E-state index in [0.29, 0.717) is 16.8 Å². The molecule has 1 heterocycles. The predicted octanol–water partition coefficient (Wildman–Crippen LogP) is 0.638. The molecule has 0 spiro atoms. The van der Waals surface area contributed by atoms with Crippen LogP contribution in [0, 0.1) is 13.8 Å². The zero-order chi connectivity index (χ0) is 14.9. The van der Waals surface area contributed by atoms with Crippen molar-refractivity contribution in [2.24, 2.45) is 0 Å². The molecule has 7 nitrogen and oxygen atoms in total. The second-order valence-corrected chi connectivity index (χ2v) is 4.39. The van der Waals surface area contributed by atoms with E-state index in [1.165, 1.54) is 6.07 Å². The van der Waals surface area contributed by atoms with Crippen molar-refractivity contribution < 1.29 is 9.90 Å². The van der Waals surface area contributed by atoms with E-state index < -0.39 is 17.2 Å². The SMILES string of the molecule is Cc1cc(NC(=O)c2c[nH]c(=O)[nH]c2=O)c(C)cc1O. The highest BCUT2D eigenvalue weighted by Crippen LogP contribution is 2.25. The first-order chi connectivity index (χ1) is 9.38. The summed E-state index contributed by atoms with van der Waals surface area (Å²) >= 11 is 0. The highest BCUT2D eigenvalue weighted by atomic mass is 16.3. The quantitative estimate of drug-likeness (QED) is 0.602. The van der Waals surface area contributed by atoms with Crippen LogP contribution >= 0.6 is 0 Å². The number of phenols is 1. The molecule has 7 heteroatoms. The number of amides is 1. The normalized spacial score (nSPS) is 10.3. The molecule has 1 aromatic heterocycles. The third kappa shape index (κ3) is 2.61. The molecule has 0 unspecified atom stereocenters. The molecule has 1 aromatic carbocycles. The van der Waals surface area contributed by atoms with Crippen molar-refractivity contribution in [3.05, 3.63) is 55.9 Å². The van der Waals surface area contributed by atoms with Gasteiger partial charge in [-0.3, -0.25) is 14.6 Å². The van der Waals surface area contributed by atoms with Gasteiger partial charge in [0.05, 0.1) is 0 Å². The van der Waals surface area contributed by atoms with E-state index in [1.807, 2.05) is 4.98 Å². The fraction of sp³-hybridized carbons (Fsp3) is 0.154. The molecule has 0 aliphatic rings. The average Bonchev–Trinajstić information content (AvgIpc) is 2.35. The van der Waals surface area contributed by atoms with Gasteiger partial charge in [0, 0.05) is 11.9 Å². The van der Waals surface area contributed by atoms with Gasteiger partial charge in [0.25, 0.3) is 11.5 Å². The second-order valence-electron chi connectivity index (χ2n) is 4.39. The Morgan fingerprint density at radius 3 is 2.55 bits per heavy atom. The maximum atomic E-state index is 12.0. The number of aromatic hydroxyl groups is 1. The Kier molecular flexibility index (Phi) is 3.43. The van der Waals surface area contributed by atoms with Crippen molar-refractivity contribution in [1.29, 1.82) is 0 Å². The molecule has 0 radical (unpaired) electrons. The highest BCUT2D eigenvalue weighted by Gasteiger charge is 2.13. The summed E-state index contributed by atoms with van der Waals surface area (Å²) in [6.07, 6.45) is 1.05. The highest BCUT2D eigenvalue weighted by molar-refractivity contribution is 6.04. The predicted molar refractivity (Wildman–Crippen MR) is 73.2 cm³/mol. The summed E-state index contributed by atoms with van der Waals surface area (Å²) in [5.41, 5.74) is 0.0943. The van der Waals surface area contributed by atoms with Gasteiger partial charge in [-0.2, -0.15) is 0 Å². The van der Waals surface area contributed by atoms with Crippen LogP contribution in [0.4, 0.5) is 5.69 Å². The van der Waals surface area contributed by atoms with E-state index in [2.05, 4.69) is 10.3 Å². The van der Waals surface area contributed by atoms with Crippen molar-refractivity contribution in [3.63, 3.8) is 0 Å². The Bertz CT molecular complexity index is 789. The number of aromatic nitrogens is 2. The van der Waals surface area contributed by atoms with Crippen LogP contribution in [0.5, 0.6) is 5.75 Å².